The zero-order valence-corrected chi connectivity index (χ0v) is 14.5. The minimum absolute atomic E-state index is 0.0575. The highest BCUT2D eigenvalue weighted by atomic mass is 16.7. The van der Waals surface area contributed by atoms with E-state index in [4.69, 9.17) is 25.7 Å². The monoisotopic (exact) mass is 356 g/mol. The smallest absolute Gasteiger partial charge is 0.193 e. The Morgan fingerprint density at radius 3 is 1.96 bits per heavy atom. The largest absolute Gasteiger partial charge is 0.364 e. The Hall–Kier alpha value is -2.09. The Morgan fingerprint density at radius 2 is 1.42 bits per heavy atom. The molecule has 2 aromatic carbocycles. The van der Waals surface area contributed by atoms with Crippen LogP contribution in [0, 0.1) is 0 Å². The van der Waals surface area contributed by atoms with Gasteiger partial charge in [0.15, 0.2) is 12.1 Å². The molecule has 0 saturated carbocycles. The van der Waals surface area contributed by atoms with E-state index in [1.54, 1.807) is 0 Å². The van der Waals surface area contributed by atoms with Crippen molar-refractivity contribution < 1.29 is 19.0 Å². The molecule has 138 valence electrons. The van der Waals surface area contributed by atoms with Crippen molar-refractivity contribution in [2.75, 3.05) is 6.54 Å². The van der Waals surface area contributed by atoms with E-state index in [1.165, 1.54) is 0 Å². The van der Waals surface area contributed by atoms with E-state index in [-0.39, 0.29) is 18.9 Å². The molecule has 1 heterocycles. The van der Waals surface area contributed by atoms with E-state index >= 15 is 0 Å². The van der Waals surface area contributed by atoms with Crippen LogP contribution in [0.15, 0.2) is 60.7 Å². The van der Waals surface area contributed by atoms with Gasteiger partial charge in [-0.25, -0.2) is 0 Å². The van der Waals surface area contributed by atoms with Gasteiger partial charge in [-0.2, -0.15) is 0 Å². The zero-order valence-electron chi connectivity index (χ0n) is 14.5. The average Bonchev–Trinajstić information content (AvgIpc) is 2.69. The fourth-order valence-electron chi connectivity index (χ4n) is 2.86. The van der Waals surface area contributed by atoms with Crippen molar-refractivity contribution in [3.05, 3.63) is 71.8 Å². The second-order valence-electron chi connectivity index (χ2n) is 6.22. The number of carbonyl (C=O) groups excluding carboxylic acids is 1. The van der Waals surface area contributed by atoms with Crippen LogP contribution in [0.5, 0.6) is 0 Å². The Morgan fingerprint density at radius 1 is 0.885 bits per heavy atom. The third-order valence-electron chi connectivity index (χ3n) is 4.30. The third-order valence-corrected chi connectivity index (χ3v) is 4.30. The number of ether oxygens (including phenoxy) is 3. The second-order valence-corrected chi connectivity index (χ2v) is 6.22. The highest BCUT2D eigenvalue weighted by Gasteiger charge is 2.44. The summed E-state index contributed by atoms with van der Waals surface area (Å²) in [5.41, 5.74) is 13.9. The first-order valence-corrected chi connectivity index (χ1v) is 8.65. The van der Waals surface area contributed by atoms with Gasteiger partial charge in [-0.05, 0) is 11.1 Å². The lowest BCUT2D eigenvalue weighted by molar-refractivity contribution is -0.227. The fourth-order valence-corrected chi connectivity index (χ4v) is 2.86. The standard InChI is InChI=1S/C20H24N2O4/c21-11-16-18(23)19(24-12-14-7-3-1-4-8-14)17(22)20(26-16)25-13-15-9-5-2-6-10-15/h1-10,16-17,19-20H,11-13,21-22H2/t16-,17-,19-,20?/m1/s1. The van der Waals surface area contributed by atoms with Gasteiger partial charge in [-0.3, -0.25) is 4.79 Å². The Balaban J connectivity index is 1.65. The van der Waals surface area contributed by atoms with E-state index in [1.807, 2.05) is 60.7 Å². The molecule has 0 aliphatic carbocycles. The lowest BCUT2D eigenvalue weighted by Gasteiger charge is -2.38. The van der Waals surface area contributed by atoms with Crippen LogP contribution in [-0.2, 0) is 32.2 Å². The van der Waals surface area contributed by atoms with Gasteiger partial charge in [0.25, 0.3) is 0 Å². The molecule has 1 unspecified atom stereocenters. The van der Waals surface area contributed by atoms with Crippen molar-refractivity contribution in [1.82, 2.24) is 0 Å². The molecule has 1 fully saturated rings. The second kappa shape index (κ2) is 9.02. The van der Waals surface area contributed by atoms with Crippen LogP contribution in [0.2, 0.25) is 0 Å². The number of benzene rings is 2. The van der Waals surface area contributed by atoms with Gasteiger partial charge in [0.1, 0.15) is 12.2 Å². The van der Waals surface area contributed by atoms with E-state index in [0.29, 0.717) is 6.61 Å². The quantitative estimate of drug-likeness (QED) is 0.778. The van der Waals surface area contributed by atoms with E-state index in [9.17, 15) is 4.79 Å². The molecule has 0 radical (unpaired) electrons. The molecule has 4 N–H and O–H groups in total. The fraction of sp³-hybridized carbons (Fsp3) is 0.350. The molecule has 3 rings (SSSR count). The Labute approximate surface area is 153 Å². The van der Waals surface area contributed by atoms with E-state index < -0.39 is 24.5 Å². The van der Waals surface area contributed by atoms with Crippen molar-refractivity contribution in [3.8, 4) is 0 Å². The molecular formula is C20H24N2O4. The number of carbonyl (C=O) groups is 1. The highest BCUT2D eigenvalue weighted by molar-refractivity contribution is 5.89. The van der Waals surface area contributed by atoms with Crippen LogP contribution >= 0.6 is 0 Å². The molecule has 1 saturated heterocycles. The Bertz CT molecular complexity index is 695. The molecule has 1 aliphatic heterocycles. The summed E-state index contributed by atoms with van der Waals surface area (Å²) in [6.45, 7) is 0.672. The van der Waals surface area contributed by atoms with Crippen LogP contribution in [0.3, 0.4) is 0 Å². The minimum Gasteiger partial charge on any atom is -0.364 e. The number of rotatable bonds is 7. The molecule has 1 aliphatic rings. The van der Waals surface area contributed by atoms with Crippen LogP contribution in [0.4, 0.5) is 0 Å². The summed E-state index contributed by atoms with van der Waals surface area (Å²) >= 11 is 0. The summed E-state index contributed by atoms with van der Waals surface area (Å²) in [5.74, 6) is -0.240. The van der Waals surface area contributed by atoms with Crippen molar-refractivity contribution >= 4 is 5.78 Å². The summed E-state index contributed by atoms with van der Waals surface area (Å²) in [5, 5.41) is 0. The van der Waals surface area contributed by atoms with Gasteiger partial charge in [-0.15, -0.1) is 0 Å². The number of ketones is 1. The SMILES string of the molecule is NC[C@H]1OC(OCc2ccccc2)[C@H](N)[C@@H](OCc2ccccc2)C1=O. The normalized spacial score (nSPS) is 26.0. The predicted octanol–water partition coefficient (Wildman–Crippen LogP) is 1.37. The van der Waals surface area contributed by atoms with E-state index in [0.717, 1.165) is 11.1 Å². The molecule has 0 aromatic heterocycles. The number of hydrogen-bond donors (Lipinski definition) is 2. The summed E-state index contributed by atoms with van der Waals surface area (Å²) in [6.07, 6.45) is -2.36. The lowest BCUT2D eigenvalue weighted by atomic mass is 9.98. The van der Waals surface area contributed by atoms with Gasteiger partial charge in [0, 0.05) is 6.54 Å². The summed E-state index contributed by atoms with van der Waals surface area (Å²) < 4.78 is 17.3. The van der Waals surface area contributed by atoms with Gasteiger partial charge >= 0.3 is 0 Å². The number of Topliss-reactive ketones (excluding diaryl/α,β-unsaturated/α-hetero) is 1. The van der Waals surface area contributed by atoms with Crippen molar-refractivity contribution in [1.29, 1.82) is 0 Å². The topological polar surface area (TPSA) is 96.8 Å². The maximum Gasteiger partial charge on any atom is 0.193 e. The molecule has 0 spiro atoms. The first kappa shape index (κ1) is 18.7. The van der Waals surface area contributed by atoms with Crippen LogP contribution < -0.4 is 11.5 Å². The first-order chi connectivity index (χ1) is 12.7. The van der Waals surface area contributed by atoms with Gasteiger partial charge in [0.2, 0.25) is 0 Å². The van der Waals surface area contributed by atoms with Gasteiger partial charge < -0.3 is 25.7 Å². The van der Waals surface area contributed by atoms with Crippen molar-refractivity contribution in [2.45, 2.75) is 37.8 Å². The summed E-state index contributed by atoms with van der Waals surface area (Å²) in [4.78, 5) is 12.5. The van der Waals surface area contributed by atoms with Crippen LogP contribution in [0.1, 0.15) is 11.1 Å². The van der Waals surface area contributed by atoms with Crippen molar-refractivity contribution in [2.24, 2.45) is 11.5 Å². The average molecular weight is 356 g/mol. The molecule has 4 atom stereocenters. The molecule has 6 heteroatoms. The van der Waals surface area contributed by atoms with Crippen molar-refractivity contribution in [3.63, 3.8) is 0 Å². The van der Waals surface area contributed by atoms with Gasteiger partial charge in [-0.1, -0.05) is 60.7 Å². The molecule has 2 aromatic rings. The molecule has 26 heavy (non-hydrogen) atoms. The summed E-state index contributed by atoms with van der Waals surface area (Å²) in [6, 6.07) is 18.6. The molecule has 0 amide bonds. The molecular weight excluding hydrogens is 332 g/mol. The zero-order chi connectivity index (χ0) is 18.4. The van der Waals surface area contributed by atoms with Crippen LogP contribution in [-0.4, -0.2) is 36.9 Å². The summed E-state index contributed by atoms with van der Waals surface area (Å²) in [7, 11) is 0. The van der Waals surface area contributed by atoms with Crippen LogP contribution in [0.25, 0.3) is 0 Å². The maximum absolute atomic E-state index is 12.5. The highest BCUT2D eigenvalue weighted by Crippen LogP contribution is 2.21. The predicted molar refractivity (Wildman–Crippen MR) is 96.9 cm³/mol. The number of hydrogen-bond acceptors (Lipinski definition) is 6. The first-order valence-electron chi connectivity index (χ1n) is 8.65. The number of nitrogens with two attached hydrogens (primary N) is 2. The third kappa shape index (κ3) is 4.55. The lowest BCUT2D eigenvalue weighted by Crippen LogP contribution is -2.61. The molecule has 0 bridgehead atoms. The van der Waals surface area contributed by atoms with E-state index in [2.05, 4.69) is 0 Å². The maximum atomic E-state index is 12.5. The minimum atomic E-state index is -0.821. The van der Waals surface area contributed by atoms with Gasteiger partial charge in [0.05, 0.1) is 19.3 Å². The Kier molecular flexibility index (Phi) is 6.49. The molecule has 6 nitrogen and oxygen atoms in total.